The van der Waals surface area contributed by atoms with E-state index in [1.54, 1.807) is 24.0 Å². The first kappa shape index (κ1) is 37.7. The minimum atomic E-state index is -4.49. The Balaban J connectivity index is 1.57. The van der Waals surface area contributed by atoms with Crippen molar-refractivity contribution in [1.82, 2.24) is 9.80 Å². The minimum Gasteiger partial charge on any atom is -0.490 e. The van der Waals surface area contributed by atoms with E-state index in [2.05, 4.69) is 27.7 Å². The van der Waals surface area contributed by atoms with Crippen LogP contribution in [0.25, 0.3) is 0 Å². The normalized spacial score (nSPS) is 20.1. The molecule has 1 heterocycles. The summed E-state index contributed by atoms with van der Waals surface area (Å²) in [6, 6.07) is 17.8. The number of benzene rings is 3. The van der Waals surface area contributed by atoms with E-state index < -0.39 is 23.8 Å². The first-order chi connectivity index (χ1) is 23.3. The van der Waals surface area contributed by atoms with E-state index in [-0.39, 0.29) is 47.6 Å². The van der Waals surface area contributed by atoms with Crippen molar-refractivity contribution in [3.8, 4) is 5.75 Å². The SMILES string of the molecule is C[C@@H]1CN([C@@H](C)CO)C(=O)c2cc(NC(=O)Nc3ccc(C(F)(F)F)cc3)ccc2O[C@@H](C)CCCCO[C@H]1CN(C)Cc1ccccc1. The fraction of sp³-hybridized carbons (Fsp3) is 0.459. The summed E-state index contributed by atoms with van der Waals surface area (Å²) in [7, 11) is 2.05. The first-order valence-corrected chi connectivity index (χ1v) is 16.7. The summed E-state index contributed by atoms with van der Waals surface area (Å²) in [4.78, 5) is 31.0. The average Bonchev–Trinajstić information content (AvgIpc) is 3.06. The van der Waals surface area contributed by atoms with Gasteiger partial charge in [-0.05, 0) is 88.2 Å². The van der Waals surface area contributed by atoms with Gasteiger partial charge in [0.25, 0.3) is 5.91 Å². The second-order valence-electron chi connectivity index (χ2n) is 12.8. The molecule has 0 fully saturated rings. The third-order valence-electron chi connectivity index (χ3n) is 8.57. The summed E-state index contributed by atoms with van der Waals surface area (Å²) in [5, 5.41) is 15.4. The van der Waals surface area contributed by atoms with Crippen LogP contribution in [0.4, 0.5) is 29.3 Å². The van der Waals surface area contributed by atoms with E-state index in [1.807, 2.05) is 39.1 Å². The Hall–Kier alpha value is -4.13. The fourth-order valence-corrected chi connectivity index (χ4v) is 5.77. The van der Waals surface area contributed by atoms with Gasteiger partial charge in [0, 0.05) is 43.5 Å². The number of hydrogen-bond acceptors (Lipinski definition) is 6. The number of hydrogen-bond donors (Lipinski definition) is 3. The molecule has 4 rings (SSSR count). The van der Waals surface area contributed by atoms with Crippen molar-refractivity contribution < 1.29 is 37.3 Å². The summed E-state index contributed by atoms with van der Waals surface area (Å²) in [5.74, 6) is -0.129. The number of urea groups is 1. The number of nitrogens with one attached hydrogen (secondary N) is 2. The second kappa shape index (κ2) is 17.5. The molecule has 0 saturated carbocycles. The van der Waals surface area contributed by atoms with Gasteiger partial charge >= 0.3 is 12.2 Å². The molecule has 4 atom stereocenters. The standard InChI is InChI=1S/C37H47F3N4O5/c1-25-21-44(26(2)24-45)35(46)32-20-31(42-36(47)41-30-15-13-29(14-16-30)37(38,39)40)17-18-33(32)49-27(3)10-8-9-19-48-34(25)23-43(4)22-28-11-6-5-7-12-28/h5-7,11-18,20,25-27,34,45H,8-10,19,21-24H2,1-4H3,(H2,41,42,47)/t25-,26+,27+,34+/m1/s1. The van der Waals surface area contributed by atoms with Crippen molar-refractivity contribution in [3.63, 3.8) is 0 Å². The first-order valence-electron chi connectivity index (χ1n) is 16.7. The van der Waals surface area contributed by atoms with Crippen LogP contribution in [0.1, 0.15) is 61.5 Å². The lowest BCUT2D eigenvalue weighted by Gasteiger charge is -2.36. The number of likely N-dealkylation sites (N-methyl/N-ethyl adjacent to an activating group) is 1. The molecule has 3 aromatic rings. The van der Waals surface area contributed by atoms with Crippen LogP contribution in [0, 0.1) is 5.92 Å². The van der Waals surface area contributed by atoms with Crippen LogP contribution in [0.5, 0.6) is 5.75 Å². The molecule has 3 amide bonds. The maximum Gasteiger partial charge on any atom is 0.416 e. The van der Waals surface area contributed by atoms with E-state index in [4.69, 9.17) is 9.47 Å². The van der Waals surface area contributed by atoms with Crippen LogP contribution < -0.4 is 15.4 Å². The van der Waals surface area contributed by atoms with Gasteiger partial charge in [0.15, 0.2) is 0 Å². The number of nitrogens with zero attached hydrogens (tertiary/aromatic N) is 2. The molecule has 3 aromatic carbocycles. The van der Waals surface area contributed by atoms with Gasteiger partial charge in [0.2, 0.25) is 0 Å². The third-order valence-corrected chi connectivity index (χ3v) is 8.57. The molecular weight excluding hydrogens is 637 g/mol. The van der Waals surface area contributed by atoms with E-state index in [0.717, 1.165) is 50.1 Å². The number of anilines is 2. The monoisotopic (exact) mass is 684 g/mol. The second-order valence-corrected chi connectivity index (χ2v) is 12.8. The van der Waals surface area contributed by atoms with E-state index in [0.29, 0.717) is 25.4 Å². The molecule has 0 aliphatic carbocycles. The molecule has 0 saturated heterocycles. The van der Waals surface area contributed by atoms with Crippen LogP contribution in [0.2, 0.25) is 0 Å². The molecule has 0 radical (unpaired) electrons. The zero-order chi connectivity index (χ0) is 35.6. The highest BCUT2D eigenvalue weighted by Crippen LogP contribution is 2.31. The molecule has 0 unspecified atom stereocenters. The Morgan fingerprint density at radius 2 is 1.69 bits per heavy atom. The van der Waals surface area contributed by atoms with Crippen molar-refractivity contribution >= 4 is 23.3 Å². The number of fused-ring (bicyclic) bond motifs is 1. The largest absolute Gasteiger partial charge is 0.490 e. The lowest BCUT2D eigenvalue weighted by molar-refractivity contribution is -0.137. The summed E-state index contributed by atoms with van der Waals surface area (Å²) in [5.41, 5.74) is 1.02. The Bertz CT molecular complexity index is 1510. The average molecular weight is 685 g/mol. The van der Waals surface area contributed by atoms with Crippen molar-refractivity contribution in [2.75, 3.05) is 44.0 Å². The number of carbonyl (C=O) groups is 2. The van der Waals surface area contributed by atoms with Gasteiger partial charge in [-0.15, -0.1) is 0 Å². The van der Waals surface area contributed by atoms with Crippen molar-refractivity contribution in [1.29, 1.82) is 0 Å². The number of carbonyl (C=O) groups excluding carboxylic acids is 2. The molecule has 1 aliphatic rings. The summed E-state index contributed by atoms with van der Waals surface area (Å²) in [6.45, 7) is 7.74. The molecule has 0 aromatic heterocycles. The number of aliphatic hydroxyl groups is 1. The third kappa shape index (κ3) is 11.2. The van der Waals surface area contributed by atoms with E-state index >= 15 is 0 Å². The minimum absolute atomic E-state index is 0.0989. The number of aliphatic hydroxyl groups excluding tert-OH is 1. The van der Waals surface area contributed by atoms with Crippen LogP contribution in [0.3, 0.4) is 0 Å². The smallest absolute Gasteiger partial charge is 0.416 e. The molecular formula is C37H47F3N4O5. The molecule has 12 heteroatoms. The molecule has 1 aliphatic heterocycles. The molecule has 49 heavy (non-hydrogen) atoms. The number of halogens is 3. The van der Waals surface area contributed by atoms with Gasteiger partial charge in [-0.1, -0.05) is 37.3 Å². The number of rotatable bonds is 8. The van der Waals surface area contributed by atoms with Crippen LogP contribution in [-0.2, 0) is 17.5 Å². The number of amides is 3. The molecule has 3 N–H and O–H groups in total. The summed E-state index contributed by atoms with van der Waals surface area (Å²) < 4.78 is 51.5. The highest BCUT2D eigenvalue weighted by atomic mass is 19.4. The van der Waals surface area contributed by atoms with Crippen molar-refractivity contribution in [2.24, 2.45) is 5.92 Å². The van der Waals surface area contributed by atoms with Crippen LogP contribution >= 0.6 is 0 Å². The zero-order valence-electron chi connectivity index (χ0n) is 28.5. The lowest BCUT2D eigenvalue weighted by Crippen LogP contribution is -2.47. The molecule has 0 spiro atoms. The van der Waals surface area contributed by atoms with Crippen LogP contribution in [-0.4, -0.2) is 78.4 Å². The Labute approximate surface area is 286 Å². The summed E-state index contributed by atoms with van der Waals surface area (Å²) in [6.07, 6.45) is -2.45. The predicted octanol–water partition coefficient (Wildman–Crippen LogP) is 7.28. The highest BCUT2D eigenvalue weighted by molar-refractivity contribution is 6.02. The van der Waals surface area contributed by atoms with E-state index in [1.165, 1.54) is 11.6 Å². The zero-order valence-corrected chi connectivity index (χ0v) is 28.5. The Kier molecular flexibility index (Phi) is 13.5. The van der Waals surface area contributed by atoms with Crippen molar-refractivity contribution in [3.05, 3.63) is 89.5 Å². The van der Waals surface area contributed by atoms with Gasteiger partial charge in [-0.2, -0.15) is 13.2 Å². The van der Waals surface area contributed by atoms with E-state index in [9.17, 15) is 27.9 Å². The molecule has 0 bridgehead atoms. The fourth-order valence-electron chi connectivity index (χ4n) is 5.77. The van der Waals surface area contributed by atoms with Gasteiger partial charge in [-0.25, -0.2) is 4.79 Å². The Morgan fingerprint density at radius 3 is 2.37 bits per heavy atom. The highest BCUT2D eigenvalue weighted by Gasteiger charge is 2.31. The maximum absolute atomic E-state index is 14.3. The van der Waals surface area contributed by atoms with Crippen LogP contribution in [0.15, 0.2) is 72.8 Å². The van der Waals surface area contributed by atoms with Crippen molar-refractivity contribution in [2.45, 2.75) is 71.0 Å². The predicted molar refractivity (Wildman–Crippen MR) is 184 cm³/mol. The molecule has 266 valence electrons. The summed E-state index contributed by atoms with van der Waals surface area (Å²) >= 11 is 0. The topological polar surface area (TPSA) is 103 Å². The number of ether oxygens (including phenoxy) is 2. The van der Waals surface area contributed by atoms with Gasteiger partial charge in [-0.3, -0.25) is 9.69 Å². The molecule has 9 nitrogen and oxygen atoms in total. The lowest BCUT2D eigenvalue weighted by atomic mass is 10.0. The Morgan fingerprint density at radius 1 is 1.02 bits per heavy atom. The quantitative estimate of drug-likeness (QED) is 0.231. The maximum atomic E-state index is 14.3. The number of alkyl halides is 3. The van der Waals surface area contributed by atoms with Gasteiger partial charge < -0.3 is 30.1 Å². The van der Waals surface area contributed by atoms with Gasteiger partial charge in [0.05, 0.1) is 36.0 Å². The van der Waals surface area contributed by atoms with Gasteiger partial charge in [0.1, 0.15) is 5.75 Å².